The van der Waals surface area contributed by atoms with Gasteiger partial charge in [-0.3, -0.25) is 9.69 Å². The standard InChI is InChI=1S/C12H24N2O/c1-9(2)11-8-12(15)13(5)6-7-14(11)10(3)4/h9-11H,6-8H2,1-5H3/t11-/m0/s1. The van der Waals surface area contributed by atoms with Crippen LogP contribution in [0.3, 0.4) is 0 Å². The van der Waals surface area contributed by atoms with Crippen LogP contribution in [0.4, 0.5) is 0 Å². The Morgan fingerprint density at radius 3 is 2.27 bits per heavy atom. The van der Waals surface area contributed by atoms with E-state index in [-0.39, 0.29) is 5.91 Å². The highest BCUT2D eigenvalue weighted by atomic mass is 16.2. The molecule has 3 heteroatoms. The predicted molar refractivity (Wildman–Crippen MR) is 62.7 cm³/mol. The normalized spacial score (nSPS) is 25.1. The van der Waals surface area contributed by atoms with Crippen LogP contribution in [0.25, 0.3) is 0 Å². The van der Waals surface area contributed by atoms with Crippen molar-refractivity contribution in [3.63, 3.8) is 0 Å². The van der Waals surface area contributed by atoms with Gasteiger partial charge in [-0.25, -0.2) is 0 Å². The van der Waals surface area contributed by atoms with Gasteiger partial charge in [0.1, 0.15) is 0 Å². The quantitative estimate of drug-likeness (QED) is 0.694. The van der Waals surface area contributed by atoms with E-state index >= 15 is 0 Å². The van der Waals surface area contributed by atoms with E-state index < -0.39 is 0 Å². The average molecular weight is 212 g/mol. The molecule has 0 aromatic heterocycles. The second-order valence-electron chi connectivity index (χ2n) is 5.16. The number of carbonyl (C=O) groups is 1. The summed E-state index contributed by atoms with van der Waals surface area (Å²) in [5.74, 6) is 0.833. The fourth-order valence-electron chi connectivity index (χ4n) is 2.27. The van der Waals surface area contributed by atoms with Gasteiger partial charge in [0, 0.05) is 38.6 Å². The lowest BCUT2D eigenvalue weighted by atomic mass is 9.98. The average Bonchev–Trinajstić information content (AvgIpc) is 2.27. The van der Waals surface area contributed by atoms with Crippen molar-refractivity contribution in [2.24, 2.45) is 5.92 Å². The third kappa shape index (κ3) is 2.94. The van der Waals surface area contributed by atoms with Gasteiger partial charge >= 0.3 is 0 Å². The highest BCUT2D eigenvalue weighted by molar-refractivity contribution is 5.76. The van der Waals surface area contributed by atoms with Crippen LogP contribution in [0.15, 0.2) is 0 Å². The van der Waals surface area contributed by atoms with Crippen LogP contribution < -0.4 is 0 Å². The molecule has 1 atom stereocenters. The number of hydrogen-bond donors (Lipinski definition) is 0. The Kier molecular flexibility index (Phi) is 4.14. The van der Waals surface area contributed by atoms with Gasteiger partial charge < -0.3 is 4.90 Å². The molecule has 0 aliphatic carbocycles. The fraction of sp³-hybridized carbons (Fsp3) is 0.917. The molecule has 1 fully saturated rings. The number of carbonyl (C=O) groups excluding carboxylic acids is 1. The zero-order valence-corrected chi connectivity index (χ0v) is 10.7. The lowest BCUT2D eigenvalue weighted by Crippen LogP contribution is -2.44. The summed E-state index contributed by atoms with van der Waals surface area (Å²) in [6.45, 7) is 10.7. The molecule has 1 aliphatic heterocycles. The van der Waals surface area contributed by atoms with Gasteiger partial charge in [-0.1, -0.05) is 13.8 Å². The summed E-state index contributed by atoms with van der Waals surface area (Å²) in [4.78, 5) is 16.1. The van der Waals surface area contributed by atoms with Gasteiger partial charge in [0.15, 0.2) is 0 Å². The maximum Gasteiger partial charge on any atom is 0.223 e. The summed E-state index contributed by atoms with van der Waals surface area (Å²) in [7, 11) is 1.91. The van der Waals surface area contributed by atoms with Gasteiger partial charge in [0.05, 0.1) is 0 Å². The molecule has 0 bridgehead atoms. The molecular formula is C12H24N2O. The topological polar surface area (TPSA) is 23.6 Å². The Bertz CT molecular complexity index is 226. The van der Waals surface area contributed by atoms with Gasteiger partial charge in [0.25, 0.3) is 0 Å². The Hall–Kier alpha value is -0.570. The van der Waals surface area contributed by atoms with Crippen LogP contribution in [0.5, 0.6) is 0 Å². The highest BCUT2D eigenvalue weighted by Gasteiger charge is 2.30. The summed E-state index contributed by atoms with van der Waals surface area (Å²) >= 11 is 0. The van der Waals surface area contributed by atoms with Crippen LogP contribution in [-0.2, 0) is 4.79 Å². The van der Waals surface area contributed by atoms with E-state index in [1.165, 1.54) is 0 Å². The maximum atomic E-state index is 11.8. The first-order chi connectivity index (χ1) is 6.93. The molecule has 0 aromatic carbocycles. The number of nitrogens with zero attached hydrogens (tertiary/aromatic N) is 2. The Labute approximate surface area is 93.4 Å². The predicted octanol–water partition coefficient (Wildman–Crippen LogP) is 1.58. The van der Waals surface area contributed by atoms with E-state index in [0.29, 0.717) is 24.4 Å². The summed E-state index contributed by atoms with van der Waals surface area (Å²) in [6.07, 6.45) is 0.673. The van der Waals surface area contributed by atoms with Gasteiger partial charge in [-0.05, 0) is 19.8 Å². The van der Waals surface area contributed by atoms with Crippen LogP contribution >= 0.6 is 0 Å². The fourth-order valence-corrected chi connectivity index (χ4v) is 2.27. The van der Waals surface area contributed by atoms with E-state index in [0.717, 1.165) is 13.1 Å². The number of likely N-dealkylation sites (N-methyl/N-ethyl adjacent to an activating group) is 1. The van der Waals surface area contributed by atoms with E-state index in [1.54, 1.807) is 0 Å². The molecular weight excluding hydrogens is 188 g/mol. The molecule has 1 rings (SSSR count). The minimum atomic E-state index is 0.289. The SMILES string of the molecule is CC(C)[C@@H]1CC(=O)N(C)CCN1C(C)C. The monoisotopic (exact) mass is 212 g/mol. The summed E-state index contributed by atoms with van der Waals surface area (Å²) in [5, 5.41) is 0. The van der Waals surface area contributed by atoms with Gasteiger partial charge in [0.2, 0.25) is 5.91 Å². The molecule has 0 spiro atoms. The third-order valence-electron chi connectivity index (χ3n) is 3.36. The number of amides is 1. The van der Waals surface area contributed by atoms with Crippen molar-refractivity contribution in [1.29, 1.82) is 0 Å². The van der Waals surface area contributed by atoms with Gasteiger partial charge in [-0.2, -0.15) is 0 Å². The van der Waals surface area contributed by atoms with Crippen molar-refractivity contribution in [2.45, 2.75) is 46.2 Å². The molecule has 3 nitrogen and oxygen atoms in total. The number of hydrogen-bond acceptors (Lipinski definition) is 2. The molecule has 1 aliphatic rings. The Balaban J connectivity index is 2.81. The first kappa shape index (κ1) is 12.5. The van der Waals surface area contributed by atoms with Crippen LogP contribution in [0, 0.1) is 5.92 Å². The highest BCUT2D eigenvalue weighted by Crippen LogP contribution is 2.20. The van der Waals surface area contributed by atoms with Crippen molar-refractivity contribution >= 4 is 5.91 Å². The second kappa shape index (κ2) is 4.97. The minimum Gasteiger partial charge on any atom is -0.344 e. The zero-order chi connectivity index (χ0) is 11.6. The van der Waals surface area contributed by atoms with E-state index in [2.05, 4.69) is 32.6 Å². The molecule has 0 unspecified atom stereocenters. The van der Waals surface area contributed by atoms with Crippen molar-refractivity contribution in [1.82, 2.24) is 9.80 Å². The van der Waals surface area contributed by atoms with Crippen molar-refractivity contribution in [2.75, 3.05) is 20.1 Å². The van der Waals surface area contributed by atoms with Gasteiger partial charge in [-0.15, -0.1) is 0 Å². The summed E-state index contributed by atoms with van der Waals surface area (Å²) in [6, 6.07) is 0.930. The first-order valence-electron chi connectivity index (χ1n) is 5.93. The summed E-state index contributed by atoms with van der Waals surface area (Å²) in [5.41, 5.74) is 0. The van der Waals surface area contributed by atoms with E-state index in [9.17, 15) is 4.79 Å². The van der Waals surface area contributed by atoms with Crippen LogP contribution in [0.1, 0.15) is 34.1 Å². The largest absolute Gasteiger partial charge is 0.344 e. The minimum absolute atomic E-state index is 0.289. The van der Waals surface area contributed by atoms with Crippen molar-refractivity contribution < 1.29 is 4.79 Å². The first-order valence-corrected chi connectivity index (χ1v) is 5.93. The Morgan fingerprint density at radius 1 is 1.20 bits per heavy atom. The molecule has 0 aromatic rings. The molecule has 0 saturated carbocycles. The van der Waals surface area contributed by atoms with Crippen molar-refractivity contribution in [3.8, 4) is 0 Å². The summed E-state index contributed by atoms with van der Waals surface area (Å²) < 4.78 is 0. The molecule has 15 heavy (non-hydrogen) atoms. The smallest absolute Gasteiger partial charge is 0.223 e. The third-order valence-corrected chi connectivity index (χ3v) is 3.36. The zero-order valence-electron chi connectivity index (χ0n) is 10.7. The lowest BCUT2D eigenvalue weighted by molar-refractivity contribution is -0.129. The maximum absolute atomic E-state index is 11.8. The molecule has 0 radical (unpaired) electrons. The number of rotatable bonds is 2. The van der Waals surface area contributed by atoms with Crippen molar-refractivity contribution in [3.05, 3.63) is 0 Å². The van der Waals surface area contributed by atoms with E-state index in [4.69, 9.17) is 0 Å². The van der Waals surface area contributed by atoms with Crippen LogP contribution in [-0.4, -0.2) is 47.9 Å². The van der Waals surface area contributed by atoms with E-state index in [1.807, 2.05) is 11.9 Å². The van der Waals surface area contributed by atoms with Crippen LogP contribution in [0.2, 0.25) is 0 Å². The second-order valence-corrected chi connectivity index (χ2v) is 5.16. The molecule has 0 N–H and O–H groups in total. The lowest BCUT2D eigenvalue weighted by Gasteiger charge is -2.35. The molecule has 1 amide bonds. The molecule has 88 valence electrons. The molecule has 1 heterocycles. The Morgan fingerprint density at radius 2 is 1.80 bits per heavy atom. The molecule has 1 saturated heterocycles.